The average molecular weight is 373 g/mol. The van der Waals surface area contributed by atoms with E-state index in [4.69, 9.17) is 5.11 Å². The molecule has 27 heavy (non-hydrogen) atoms. The van der Waals surface area contributed by atoms with Crippen molar-refractivity contribution < 1.29 is 5.11 Å². The molecule has 0 radical (unpaired) electrons. The number of rotatable bonds is 18. The van der Waals surface area contributed by atoms with Crippen LogP contribution in [-0.2, 0) is 0 Å². The Kier molecular flexibility index (Phi) is 21.6. The van der Waals surface area contributed by atoms with Crippen molar-refractivity contribution >= 4 is 0 Å². The third-order valence-electron chi connectivity index (χ3n) is 4.60. The lowest BCUT2D eigenvalue weighted by Crippen LogP contribution is -1.88. The summed E-state index contributed by atoms with van der Waals surface area (Å²) in [5.74, 6) is 0. The zero-order valence-electron chi connectivity index (χ0n) is 18.0. The van der Waals surface area contributed by atoms with Crippen LogP contribution in [0.3, 0.4) is 0 Å². The zero-order chi connectivity index (χ0) is 19.8. The van der Waals surface area contributed by atoms with Crippen LogP contribution in [0.4, 0.5) is 0 Å². The summed E-state index contributed by atoms with van der Waals surface area (Å²) in [6, 6.07) is 0. The fraction of sp³-hybridized carbons (Fsp3) is 0.615. The van der Waals surface area contributed by atoms with E-state index in [1.54, 1.807) is 0 Å². The van der Waals surface area contributed by atoms with Gasteiger partial charge in [0.2, 0.25) is 0 Å². The van der Waals surface area contributed by atoms with Crippen LogP contribution in [0.2, 0.25) is 0 Å². The average Bonchev–Trinajstić information content (AvgIpc) is 2.68. The van der Waals surface area contributed by atoms with E-state index in [0.29, 0.717) is 0 Å². The largest absolute Gasteiger partial charge is 0.392 e. The van der Waals surface area contributed by atoms with E-state index < -0.39 is 0 Å². The molecule has 0 heterocycles. The Bertz CT molecular complexity index is 437. The molecule has 0 rings (SSSR count). The van der Waals surface area contributed by atoms with Crippen molar-refractivity contribution in [2.24, 2.45) is 0 Å². The van der Waals surface area contributed by atoms with Gasteiger partial charge < -0.3 is 5.11 Å². The quantitative estimate of drug-likeness (QED) is 0.190. The van der Waals surface area contributed by atoms with Gasteiger partial charge in [-0.2, -0.15) is 0 Å². The fourth-order valence-electron chi connectivity index (χ4n) is 2.96. The first-order valence-corrected chi connectivity index (χ1v) is 11.2. The minimum atomic E-state index is 0.183. The van der Waals surface area contributed by atoms with Crippen LogP contribution < -0.4 is 0 Å². The van der Waals surface area contributed by atoms with Crippen LogP contribution in [0.15, 0.2) is 60.3 Å². The summed E-state index contributed by atoms with van der Waals surface area (Å²) in [6.45, 7) is 4.50. The van der Waals surface area contributed by atoms with Crippen molar-refractivity contribution in [1.82, 2.24) is 0 Å². The second kappa shape index (κ2) is 22.7. The van der Waals surface area contributed by atoms with E-state index in [0.717, 1.165) is 57.8 Å². The summed E-state index contributed by atoms with van der Waals surface area (Å²) in [4.78, 5) is 0. The Morgan fingerprint density at radius 3 is 1.63 bits per heavy atom. The summed E-state index contributed by atoms with van der Waals surface area (Å²) in [6.07, 6.45) is 35.6. The molecule has 0 aliphatic rings. The smallest absolute Gasteiger partial charge is 0.0615 e. The molecular weight excluding hydrogens is 328 g/mol. The predicted octanol–water partition coefficient (Wildman–Crippen LogP) is 8.24. The normalized spacial score (nSPS) is 13.2. The van der Waals surface area contributed by atoms with Gasteiger partial charge in [0.1, 0.15) is 0 Å². The Hall–Kier alpha value is -1.34. The third kappa shape index (κ3) is 20.8. The Morgan fingerprint density at radius 2 is 1.15 bits per heavy atom. The van der Waals surface area contributed by atoms with E-state index in [9.17, 15) is 0 Å². The Balaban J connectivity index is 3.65. The molecule has 1 heteroatoms. The molecule has 0 aromatic heterocycles. The maximum Gasteiger partial charge on any atom is 0.0615 e. The van der Waals surface area contributed by atoms with Gasteiger partial charge in [-0.05, 0) is 71.1 Å². The molecule has 0 saturated carbocycles. The molecular formula is C26H44O. The van der Waals surface area contributed by atoms with Crippen LogP contribution in [0.25, 0.3) is 0 Å². The van der Waals surface area contributed by atoms with Crippen molar-refractivity contribution in [3.63, 3.8) is 0 Å². The number of aliphatic hydroxyl groups is 1. The van der Waals surface area contributed by atoms with Crippen LogP contribution in [0, 0.1) is 0 Å². The first-order chi connectivity index (χ1) is 13.3. The van der Waals surface area contributed by atoms with Crippen molar-refractivity contribution in [3.8, 4) is 0 Å². The van der Waals surface area contributed by atoms with E-state index in [-0.39, 0.29) is 6.61 Å². The summed E-state index contributed by atoms with van der Waals surface area (Å²) in [5.41, 5.74) is 1.43. The summed E-state index contributed by atoms with van der Waals surface area (Å²) >= 11 is 0. The van der Waals surface area contributed by atoms with Gasteiger partial charge in [-0.15, -0.1) is 0 Å². The van der Waals surface area contributed by atoms with Gasteiger partial charge in [0.25, 0.3) is 0 Å². The molecule has 0 amide bonds. The predicted molar refractivity (Wildman–Crippen MR) is 123 cm³/mol. The first-order valence-electron chi connectivity index (χ1n) is 11.2. The monoisotopic (exact) mass is 372 g/mol. The molecule has 0 bridgehead atoms. The number of unbranched alkanes of at least 4 members (excludes halogenated alkanes) is 6. The number of aliphatic hydroxyl groups excluding tert-OH is 1. The van der Waals surface area contributed by atoms with E-state index >= 15 is 0 Å². The van der Waals surface area contributed by atoms with Gasteiger partial charge in [-0.25, -0.2) is 0 Å². The summed E-state index contributed by atoms with van der Waals surface area (Å²) in [7, 11) is 0. The number of hydrogen-bond acceptors (Lipinski definition) is 1. The lowest BCUT2D eigenvalue weighted by molar-refractivity contribution is 0.341. The Labute approximate surface area is 169 Å². The molecule has 0 aliphatic carbocycles. The van der Waals surface area contributed by atoms with Crippen LogP contribution >= 0.6 is 0 Å². The van der Waals surface area contributed by atoms with E-state index in [1.165, 1.54) is 31.3 Å². The maximum atomic E-state index is 9.16. The molecule has 1 nitrogen and oxygen atoms in total. The lowest BCUT2D eigenvalue weighted by atomic mass is 10.0. The minimum absolute atomic E-state index is 0.183. The number of allylic oxidation sites excluding steroid dienone is 9. The fourth-order valence-corrected chi connectivity index (χ4v) is 2.96. The second-order valence-electron chi connectivity index (χ2n) is 7.11. The molecule has 0 atom stereocenters. The van der Waals surface area contributed by atoms with Crippen LogP contribution in [0.5, 0.6) is 0 Å². The van der Waals surface area contributed by atoms with E-state index in [1.807, 2.05) is 6.08 Å². The van der Waals surface area contributed by atoms with Gasteiger partial charge >= 0.3 is 0 Å². The molecule has 0 aromatic rings. The first kappa shape index (κ1) is 25.7. The molecule has 0 saturated heterocycles. The zero-order valence-corrected chi connectivity index (χ0v) is 18.0. The van der Waals surface area contributed by atoms with Crippen molar-refractivity contribution in [2.75, 3.05) is 6.61 Å². The molecule has 0 spiro atoms. The Morgan fingerprint density at radius 1 is 0.630 bits per heavy atom. The topological polar surface area (TPSA) is 20.2 Å². The molecule has 1 N–H and O–H groups in total. The SMILES string of the molecule is C/C=C/CC/C=C/CC/C=C/CC/C=C/CC/C(=C\CO)CCCCCC. The van der Waals surface area contributed by atoms with Crippen molar-refractivity contribution in [1.29, 1.82) is 0 Å². The highest BCUT2D eigenvalue weighted by molar-refractivity contribution is 5.04. The third-order valence-corrected chi connectivity index (χ3v) is 4.60. The summed E-state index contributed by atoms with van der Waals surface area (Å²) in [5, 5.41) is 9.16. The molecule has 0 aromatic carbocycles. The second-order valence-corrected chi connectivity index (χ2v) is 7.11. The summed E-state index contributed by atoms with van der Waals surface area (Å²) < 4.78 is 0. The lowest BCUT2D eigenvalue weighted by Gasteiger charge is -2.05. The standard InChI is InChI=1S/C26H44O/c1-3-5-7-9-10-11-12-13-14-15-16-17-18-19-21-23-26(24-25-27)22-20-8-6-4-2/h3,5,10-11,14-15,18-19,24,27H,4,6-9,12-13,16-17,20-23,25H2,1-2H3/b5-3+,11-10+,15-14+,19-18+,26-24-. The van der Waals surface area contributed by atoms with Gasteiger partial charge in [0.15, 0.2) is 0 Å². The highest BCUT2D eigenvalue weighted by Gasteiger charge is 1.97. The highest BCUT2D eigenvalue weighted by Crippen LogP contribution is 2.15. The number of hydrogen-bond donors (Lipinski definition) is 1. The maximum absolute atomic E-state index is 9.16. The van der Waals surface area contributed by atoms with Crippen molar-refractivity contribution in [2.45, 2.75) is 97.3 Å². The molecule has 154 valence electrons. The van der Waals surface area contributed by atoms with Crippen LogP contribution in [0.1, 0.15) is 97.3 Å². The van der Waals surface area contributed by atoms with Crippen LogP contribution in [-0.4, -0.2) is 11.7 Å². The van der Waals surface area contributed by atoms with Gasteiger partial charge in [-0.1, -0.05) is 86.4 Å². The van der Waals surface area contributed by atoms with Gasteiger partial charge in [-0.3, -0.25) is 0 Å². The van der Waals surface area contributed by atoms with E-state index in [2.05, 4.69) is 62.5 Å². The van der Waals surface area contributed by atoms with Crippen molar-refractivity contribution in [3.05, 3.63) is 60.3 Å². The van der Waals surface area contributed by atoms with Gasteiger partial charge in [0.05, 0.1) is 6.61 Å². The molecule has 0 aliphatic heterocycles. The minimum Gasteiger partial charge on any atom is -0.392 e. The highest BCUT2D eigenvalue weighted by atomic mass is 16.2. The molecule has 0 fully saturated rings. The molecule has 0 unspecified atom stereocenters. The van der Waals surface area contributed by atoms with Gasteiger partial charge in [0, 0.05) is 0 Å².